The first kappa shape index (κ1) is 17.9. The highest BCUT2D eigenvalue weighted by Crippen LogP contribution is 2.61. The summed E-state index contributed by atoms with van der Waals surface area (Å²) < 4.78 is 0. The molecule has 0 amide bonds. The van der Waals surface area contributed by atoms with Gasteiger partial charge in [0.1, 0.15) is 5.41 Å². The maximum atomic E-state index is 13.0. The monoisotopic (exact) mass is 345 g/mol. The van der Waals surface area contributed by atoms with Crippen LogP contribution in [0, 0.1) is 5.41 Å². The Hall–Kier alpha value is -2.94. The van der Waals surface area contributed by atoms with Crippen LogP contribution < -0.4 is 0 Å². The molecule has 0 radical (unpaired) electrons. The standard InChI is InChI=1S/C23H23NO2/c1-24(2)16-15-22(26)23(17-20(23)19-11-7-4-8-12-19)21(25)14-13-18-9-5-3-6-10-18/h3-16,20H,17H2,1-2H3/b14-13+,16-15+. The normalized spacial score (nSPS) is 21.8. The zero-order chi connectivity index (χ0) is 18.6. The smallest absolute Gasteiger partial charge is 0.171 e. The summed E-state index contributed by atoms with van der Waals surface area (Å²) in [5.74, 6) is -0.303. The van der Waals surface area contributed by atoms with Crippen molar-refractivity contribution in [3.05, 3.63) is 90.1 Å². The van der Waals surface area contributed by atoms with Crippen LogP contribution in [0.4, 0.5) is 0 Å². The second-order valence-corrected chi connectivity index (χ2v) is 6.89. The molecular weight excluding hydrogens is 322 g/mol. The van der Waals surface area contributed by atoms with Crippen LogP contribution in [-0.4, -0.2) is 30.6 Å². The van der Waals surface area contributed by atoms with Gasteiger partial charge in [-0.3, -0.25) is 9.59 Å². The first-order chi connectivity index (χ1) is 12.5. The third kappa shape index (κ3) is 3.67. The molecule has 0 N–H and O–H groups in total. The predicted octanol–water partition coefficient (Wildman–Crippen LogP) is 4.09. The van der Waals surface area contributed by atoms with Gasteiger partial charge in [-0.05, 0) is 29.7 Å². The Bertz CT molecular complexity index is 837. The van der Waals surface area contributed by atoms with E-state index in [1.54, 1.807) is 23.3 Å². The van der Waals surface area contributed by atoms with Crippen molar-refractivity contribution < 1.29 is 9.59 Å². The van der Waals surface area contributed by atoms with Gasteiger partial charge in [0.25, 0.3) is 0 Å². The number of hydrogen-bond acceptors (Lipinski definition) is 3. The topological polar surface area (TPSA) is 37.4 Å². The molecule has 2 aromatic carbocycles. The van der Waals surface area contributed by atoms with E-state index in [0.717, 1.165) is 11.1 Å². The molecule has 2 unspecified atom stereocenters. The summed E-state index contributed by atoms with van der Waals surface area (Å²) in [5, 5.41) is 0. The molecule has 0 bridgehead atoms. The van der Waals surface area contributed by atoms with E-state index in [-0.39, 0.29) is 17.5 Å². The van der Waals surface area contributed by atoms with E-state index in [1.165, 1.54) is 6.08 Å². The number of ketones is 2. The van der Waals surface area contributed by atoms with Crippen LogP contribution in [0.3, 0.4) is 0 Å². The van der Waals surface area contributed by atoms with Crippen molar-refractivity contribution >= 4 is 17.6 Å². The van der Waals surface area contributed by atoms with Gasteiger partial charge in [-0.2, -0.15) is 0 Å². The molecular formula is C23H23NO2. The highest BCUT2D eigenvalue weighted by molar-refractivity contribution is 6.20. The molecule has 1 saturated carbocycles. The maximum Gasteiger partial charge on any atom is 0.171 e. The highest BCUT2D eigenvalue weighted by Gasteiger charge is 2.63. The van der Waals surface area contributed by atoms with Crippen molar-refractivity contribution in [2.75, 3.05) is 14.1 Å². The Kier molecular flexibility index (Phi) is 5.17. The van der Waals surface area contributed by atoms with E-state index in [4.69, 9.17) is 0 Å². The third-order valence-corrected chi connectivity index (χ3v) is 4.79. The number of rotatable bonds is 7. The molecule has 1 aliphatic carbocycles. The van der Waals surface area contributed by atoms with Gasteiger partial charge in [-0.25, -0.2) is 0 Å². The van der Waals surface area contributed by atoms with Gasteiger partial charge in [0.05, 0.1) is 0 Å². The number of nitrogens with zero attached hydrogens (tertiary/aromatic N) is 1. The number of carbonyl (C=O) groups is 2. The molecule has 2 aromatic rings. The highest BCUT2D eigenvalue weighted by atomic mass is 16.2. The molecule has 2 atom stereocenters. The molecule has 3 rings (SSSR count). The first-order valence-electron chi connectivity index (χ1n) is 8.75. The van der Waals surface area contributed by atoms with Gasteiger partial charge < -0.3 is 4.90 Å². The molecule has 0 aromatic heterocycles. The van der Waals surface area contributed by atoms with Crippen LogP contribution in [0.25, 0.3) is 6.08 Å². The van der Waals surface area contributed by atoms with E-state index < -0.39 is 5.41 Å². The number of benzene rings is 2. The second-order valence-electron chi connectivity index (χ2n) is 6.89. The number of carbonyl (C=O) groups excluding carboxylic acids is 2. The summed E-state index contributed by atoms with van der Waals surface area (Å²) in [7, 11) is 3.71. The lowest BCUT2D eigenvalue weighted by atomic mass is 9.89. The van der Waals surface area contributed by atoms with Crippen molar-refractivity contribution in [1.29, 1.82) is 0 Å². The van der Waals surface area contributed by atoms with Crippen LogP contribution in [0.1, 0.15) is 23.5 Å². The summed E-state index contributed by atoms with van der Waals surface area (Å²) in [5.41, 5.74) is 1.02. The summed E-state index contributed by atoms with van der Waals surface area (Å²) in [6.07, 6.45) is 7.13. The summed E-state index contributed by atoms with van der Waals surface area (Å²) >= 11 is 0. The fourth-order valence-electron chi connectivity index (χ4n) is 3.27. The van der Waals surface area contributed by atoms with Gasteiger partial charge in [0, 0.05) is 26.2 Å². The molecule has 3 nitrogen and oxygen atoms in total. The van der Waals surface area contributed by atoms with E-state index >= 15 is 0 Å². The van der Waals surface area contributed by atoms with Crippen LogP contribution in [0.15, 0.2) is 79.0 Å². The average molecular weight is 345 g/mol. The van der Waals surface area contributed by atoms with Crippen LogP contribution in [-0.2, 0) is 9.59 Å². The Morgan fingerprint density at radius 2 is 1.50 bits per heavy atom. The summed E-state index contributed by atoms with van der Waals surface area (Å²) in [4.78, 5) is 27.7. The molecule has 132 valence electrons. The number of allylic oxidation sites excluding steroid dienone is 2. The van der Waals surface area contributed by atoms with Crippen LogP contribution >= 0.6 is 0 Å². The Labute approximate surface area is 154 Å². The van der Waals surface area contributed by atoms with Crippen LogP contribution in [0.2, 0.25) is 0 Å². The molecule has 1 aliphatic rings. The SMILES string of the molecule is CN(C)/C=C/C(=O)C1(C(=O)/C=C/c2ccccc2)CC1c1ccccc1. The zero-order valence-corrected chi connectivity index (χ0v) is 15.1. The lowest BCUT2D eigenvalue weighted by Crippen LogP contribution is -2.25. The minimum atomic E-state index is -0.973. The molecule has 0 spiro atoms. The Balaban J connectivity index is 1.88. The first-order valence-corrected chi connectivity index (χ1v) is 8.75. The van der Waals surface area contributed by atoms with Gasteiger partial charge in [-0.15, -0.1) is 0 Å². The average Bonchev–Trinajstić information content (AvgIpc) is 3.43. The largest absolute Gasteiger partial charge is 0.383 e. The Morgan fingerprint density at radius 1 is 0.923 bits per heavy atom. The zero-order valence-electron chi connectivity index (χ0n) is 15.1. The number of hydrogen-bond donors (Lipinski definition) is 0. The third-order valence-electron chi connectivity index (χ3n) is 4.79. The van der Waals surface area contributed by atoms with Crippen molar-refractivity contribution in [3.63, 3.8) is 0 Å². The maximum absolute atomic E-state index is 13.0. The summed E-state index contributed by atoms with van der Waals surface area (Å²) in [6, 6.07) is 19.5. The predicted molar refractivity (Wildman–Crippen MR) is 105 cm³/mol. The van der Waals surface area contributed by atoms with E-state index in [2.05, 4.69) is 0 Å². The quantitative estimate of drug-likeness (QED) is 0.560. The van der Waals surface area contributed by atoms with Gasteiger partial charge in [0.2, 0.25) is 0 Å². The molecule has 26 heavy (non-hydrogen) atoms. The molecule has 1 fully saturated rings. The Morgan fingerprint density at radius 3 is 2.12 bits per heavy atom. The van der Waals surface area contributed by atoms with Gasteiger partial charge >= 0.3 is 0 Å². The van der Waals surface area contributed by atoms with Gasteiger partial charge in [0.15, 0.2) is 11.6 Å². The molecule has 0 saturated heterocycles. The van der Waals surface area contributed by atoms with Crippen molar-refractivity contribution in [2.24, 2.45) is 5.41 Å². The minimum absolute atomic E-state index is 0.0593. The molecule has 0 aliphatic heterocycles. The lowest BCUT2D eigenvalue weighted by molar-refractivity contribution is -0.129. The van der Waals surface area contributed by atoms with E-state index in [0.29, 0.717) is 6.42 Å². The fourth-order valence-corrected chi connectivity index (χ4v) is 3.27. The van der Waals surface area contributed by atoms with Crippen molar-refractivity contribution in [3.8, 4) is 0 Å². The van der Waals surface area contributed by atoms with Crippen LogP contribution in [0.5, 0.6) is 0 Å². The summed E-state index contributed by atoms with van der Waals surface area (Å²) in [6.45, 7) is 0. The lowest BCUT2D eigenvalue weighted by Gasteiger charge is -2.12. The van der Waals surface area contributed by atoms with Crippen molar-refractivity contribution in [1.82, 2.24) is 4.90 Å². The molecule has 3 heteroatoms. The second kappa shape index (κ2) is 7.52. The van der Waals surface area contributed by atoms with Gasteiger partial charge in [-0.1, -0.05) is 66.7 Å². The molecule has 0 heterocycles. The minimum Gasteiger partial charge on any atom is -0.383 e. The van der Waals surface area contributed by atoms with Crippen molar-refractivity contribution in [2.45, 2.75) is 12.3 Å². The van der Waals surface area contributed by atoms with E-state index in [9.17, 15) is 9.59 Å². The fraction of sp³-hybridized carbons (Fsp3) is 0.217. The van der Waals surface area contributed by atoms with E-state index in [1.807, 2.05) is 74.8 Å².